The number of nitrogens with zero attached hydrogens (tertiary/aromatic N) is 2. The van der Waals surface area contributed by atoms with Gasteiger partial charge in [0, 0.05) is 54.9 Å². The molecule has 1 amide bonds. The second kappa shape index (κ2) is 5.98. The van der Waals surface area contributed by atoms with E-state index in [9.17, 15) is 4.79 Å². The number of nitrogens with one attached hydrogen (secondary N) is 1. The Labute approximate surface area is 136 Å². The first-order valence-electron chi connectivity index (χ1n) is 8.56. The van der Waals surface area contributed by atoms with Crippen molar-refractivity contribution >= 4 is 16.8 Å². The number of nitrogens with two attached hydrogens (primary N) is 1. The molecule has 2 aliphatic heterocycles. The summed E-state index contributed by atoms with van der Waals surface area (Å²) in [5.41, 5.74) is 7.57. The van der Waals surface area contributed by atoms with Gasteiger partial charge >= 0.3 is 0 Å². The van der Waals surface area contributed by atoms with E-state index < -0.39 is 0 Å². The van der Waals surface area contributed by atoms with E-state index in [0.29, 0.717) is 18.5 Å². The Morgan fingerprint density at radius 2 is 2.22 bits per heavy atom. The van der Waals surface area contributed by atoms with E-state index in [1.807, 2.05) is 17.0 Å². The molecule has 2 unspecified atom stereocenters. The number of hydrogen-bond donors (Lipinski definition) is 2. The van der Waals surface area contributed by atoms with Crippen LogP contribution in [-0.4, -0.2) is 47.6 Å². The standard InChI is InChI=1S/C18H24N4O/c19-5-1-6-21-7-4-14-9-15(2-3-17(14)21)18(23)22-11-13-8-16(12-22)20-10-13/h2-4,7,9,13,16,20H,1,5-6,8,10-12,19H2. The zero-order valence-electron chi connectivity index (χ0n) is 13.4. The van der Waals surface area contributed by atoms with Gasteiger partial charge in [-0.05, 0) is 49.6 Å². The van der Waals surface area contributed by atoms with Crippen LogP contribution in [0.15, 0.2) is 30.5 Å². The van der Waals surface area contributed by atoms with Crippen LogP contribution in [0.1, 0.15) is 23.2 Å². The van der Waals surface area contributed by atoms with E-state index in [-0.39, 0.29) is 5.91 Å². The van der Waals surface area contributed by atoms with Gasteiger partial charge in [0.1, 0.15) is 0 Å². The maximum absolute atomic E-state index is 12.8. The monoisotopic (exact) mass is 312 g/mol. The minimum atomic E-state index is 0.167. The van der Waals surface area contributed by atoms with Gasteiger partial charge in [-0.3, -0.25) is 4.79 Å². The molecule has 23 heavy (non-hydrogen) atoms. The lowest BCUT2D eigenvalue weighted by molar-refractivity contribution is 0.0692. The highest BCUT2D eigenvalue weighted by molar-refractivity contribution is 5.98. The van der Waals surface area contributed by atoms with Crippen molar-refractivity contribution in [2.45, 2.75) is 25.4 Å². The molecule has 2 bridgehead atoms. The summed E-state index contributed by atoms with van der Waals surface area (Å²) in [4.78, 5) is 14.8. The first-order chi connectivity index (χ1) is 11.2. The van der Waals surface area contributed by atoms with Crippen molar-refractivity contribution < 1.29 is 4.79 Å². The van der Waals surface area contributed by atoms with Gasteiger partial charge in [0.15, 0.2) is 0 Å². The highest BCUT2D eigenvalue weighted by Gasteiger charge is 2.34. The molecule has 3 heterocycles. The van der Waals surface area contributed by atoms with E-state index in [0.717, 1.165) is 43.5 Å². The molecular formula is C18H24N4O. The van der Waals surface area contributed by atoms with E-state index >= 15 is 0 Å². The smallest absolute Gasteiger partial charge is 0.253 e. The lowest BCUT2D eigenvalue weighted by atomic mass is 9.99. The maximum atomic E-state index is 12.8. The predicted molar refractivity (Wildman–Crippen MR) is 91.4 cm³/mol. The zero-order valence-corrected chi connectivity index (χ0v) is 13.4. The first kappa shape index (κ1) is 14.7. The van der Waals surface area contributed by atoms with Crippen LogP contribution < -0.4 is 11.1 Å². The first-order valence-corrected chi connectivity index (χ1v) is 8.56. The molecule has 2 atom stereocenters. The molecule has 2 aliphatic rings. The lowest BCUT2D eigenvalue weighted by Gasteiger charge is -2.31. The van der Waals surface area contributed by atoms with Crippen LogP contribution in [0.3, 0.4) is 0 Å². The van der Waals surface area contributed by atoms with Crippen LogP contribution in [0.2, 0.25) is 0 Å². The third-order valence-corrected chi connectivity index (χ3v) is 5.14. The summed E-state index contributed by atoms with van der Waals surface area (Å²) >= 11 is 0. The molecule has 122 valence electrons. The molecule has 0 radical (unpaired) electrons. The van der Waals surface area contributed by atoms with Crippen molar-refractivity contribution in [3.63, 3.8) is 0 Å². The highest BCUT2D eigenvalue weighted by atomic mass is 16.2. The van der Waals surface area contributed by atoms with Crippen LogP contribution in [0.5, 0.6) is 0 Å². The van der Waals surface area contributed by atoms with Crippen molar-refractivity contribution in [1.82, 2.24) is 14.8 Å². The largest absolute Gasteiger partial charge is 0.347 e. The number of benzene rings is 1. The molecule has 1 aromatic heterocycles. The van der Waals surface area contributed by atoms with E-state index in [1.165, 1.54) is 11.9 Å². The third kappa shape index (κ3) is 2.75. The normalized spacial score (nSPS) is 23.6. The third-order valence-electron chi connectivity index (χ3n) is 5.14. The van der Waals surface area contributed by atoms with Gasteiger partial charge in [-0.1, -0.05) is 0 Å². The number of piperidine rings is 1. The van der Waals surface area contributed by atoms with Gasteiger partial charge in [-0.2, -0.15) is 0 Å². The summed E-state index contributed by atoms with van der Waals surface area (Å²) in [6, 6.07) is 8.63. The number of fused-ring (bicyclic) bond motifs is 3. The molecule has 2 saturated heterocycles. The van der Waals surface area contributed by atoms with Crippen LogP contribution in [0.25, 0.3) is 10.9 Å². The summed E-state index contributed by atoms with van der Waals surface area (Å²) in [7, 11) is 0. The molecule has 5 heteroatoms. The quantitative estimate of drug-likeness (QED) is 0.897. The number of carbonyl (C=O) groups is 1. The molecule has 4 rings (SSSR count). The van der Waals surface area contributed by atoms with Gasteiger partial charge in [-0.25, -0.2) is 0 Å². The van der Waals surface area contributed by atoms with Gasteiger partial charge in [0.05, 0.1) is 0 Å². The molecule has 2 aromatic rings. The van der Waals surface area contributed by atoms with Crippen LogP contribution in [-0.2, 0) is 6.54 Å². The second-order valence-corrected chi connectivity index (χ2v) is 6.84. The average Bonchev–Trinajstić information content (AvgIpc) is 3.14. The van der Waals surface area contributed by atoms with Crippen molar-refractivity contribution in [2.24, 2.45) is 11.7 Å². The Bertz CT molecular complexity index is 711. The fraction of sp³-hybridized carbons (Fsp3) is 0.500. The maximum Gasteiger partial charge on any atom is 0.253 e. The Balaban J connectivity index is 1.55. The fourth-order valence-electron chi connectivity index (χ4n) is 3.97. The van der Waals surface area contributed by atoms with Crippen LogP contribution in [0.4, 0.5) is 0 Å². The zero-order chi connectivity index (χ0) is 15.8. The van der Waals surface area contributed by atoms with Crippen LogP contribution >= 0.6 is 0 Å². The van der Waals surface area contributed by atoms with Gasteiger partial charge in [-0.15, -0.1) is 0 Å². The molecule has 5 nitrogen and oxygen atoms in total. The summed E-state index contributed by atoms with van der Waals surface area (Å²) in [6.07, 6.45) is 4.26. The van der Waals surface area contributed by atoms with Gasteiger partial charge in [0.2, 0.25) is 0 Å². The minimum Gasteiger partial charge on any atom is -0.347 e. The number of aryl methyl sites for hydroxylation is 1. The minimum absolute atomic E-state index is 0.167. The summed E-state index contributed by atoms with van der Waals surface area (Å²) in [5, 5.41) is 4.63. The Morgan fingerprint density at radius 1 is 1.30 bits per heavy atom. The van der Waals surface area contributed by atoms with E-state index in [4.69, 9.17) is 5.73 Å². The summed E-state index contributed by atoms with van der Waals surface area (Å²) in [5.74, 6) is 0.791. The Kier molecular flexibility index (Phi) is 3.83. The summed E-state index contributed by atoms with van der Waals surface area (Å²) in [6.45, 7) is 4.40. The molecule has 0 saturated carbocycles. The number of aromatic nitrogens is 1. The summed E-state index contributed by atoms with van der Waals surface area (Å²) < 4.78 is 2.21. The molecule has 0 aliphatic carbocycles. The van der Waals surface area contributed by atoms with E-state index in [1.54, 1.807) is 0 Å². The van der Waals surface area contributed by atoms with Gasteiger partial charge < -0.3 is 20.5 Å². The van der Waals surface area contributed by atoms with Gasteiger partial charge in [0.25, 0.3) is 5.91 Å². The van der Waals surface area contributed by atoms with E-state index in [2.05, 4.69) is 28.2 Å². The topological polar surface area (TPSA) is 63.3 Å². The molecular weight excluding hydrogens is 288 g/mol. The van der Waals surface area contributed by atoms with Crippen LogP contribution in [0, 0.1) is 5.92 Å². The number of amides is 1. The molecule has 1 aromatic carbocycles. The SMILES string of the molecule is NCCCn1ccc2cc(C(=O)N3CC4CNC(C4)C3)ccc21. The van der Waals surface area contributed by atoms with Crippen molar-refractivity contribution in [2.75, 3.05) is 26.2 Å². The molecule has 0 spiro atoms. The fourth-order valence-corrected chi connectivity index (χ4v) is 3.97. The van der Waals surface area contributed by atoms with Crippen molar-refractivity contribution in [3.05, 3.63) is 36.0 Å². The highest BCUT2D eigenvalue weighted by Crippen LogP contribution is 2.25. The van der Waals surface area contributed by atoms with Crippen molar-refractivity contribution in [3.8, 4) is 0 Å². The predicted octanol–water partition coefficient (Wildman–Crippen LogP) is 1.42. The molecule has 3 N–H and O–H groups in total. The Morgan fingerprint density at radius 3 is 3.04 bits per heavy atom. The number of carbonyl (C=O) groups excluding carboxylic acids is 1. The Hall–Kier alpha value is -1.85. The molecule has 2 fully saturated rings. The number of hydrogen-bond acceptors (Lipinski definition) is 3. The number of rotatable bonds is 4. The van der Waals surface area contributed by atoms with Crippen molar-refractivity contribution in [1.29, 1.82) is 0 Å². The number of likely N-dealkylation sites (tertiary alicyclic amines) is 1. The lowest BCUT2D eigenvalue weighted by Crippen LogP contribution is -2.44. The average molecular weight is 312 g/mol. The second-order valence-electron chi connectivity index (χ2n) is 6.84.